The summed E-state index contributed by atoms with van der Waals surface area (Å²) in [6, 6.07) is 14.5. The van der Waals surface area contributed by atoms with Crippen molar-refractivity contribution in [1.29, 1.82) is 0 Å². The standard InChI is InChI=1S/C27H35N3O7S/c1-27(2,3)37-26(33)30-21(18-38(34,35)17-19-11-5-4-6-12-19)24(32)28-16-10-9-14-22(31)25-29-20-13-7-8-15-23(20)36-25/h4-8,11-13,15,21-22,31H,9-10,14,16-18H2,1-3H3,(H,28,32)(H,30,33)/t21?,22-/m1/s1. The number of oxazole rings is 1. The van der Waals surface area contributed by atoms with E-state index in [4.69, 9.17) is 9.15 Å². The lowest BCUT2D eigenvalue weighted by Crippen LogP contribution is -2.51. The van der Waals surface area contributed by atoms with Crippen LogP contribution in [0.1, 0.15) is 57.6 Å². The highest BCUT2D eigenvalue weighted by atomic mass is 32.2. The number of alkyl carbamates (subject to hydrolysis) is 1. The molecule has 0 aliphatic rings. The molecule has 3 N–H and O–H groups in total. The number of amides is 2. The average molecular weight is 546 g/mol. The summed E-state index contributed by atoms with van der Waals surface area (Å²) < 4.78 is 36.4. The largest absolute Gasteiger partial charge is 0.444 e. The maximum Gasteiger partial charge on any atom is 0.408 e. The van der Waals surface area contributed by atoms with Crippen LogP contribution in [0.2, 0.25) is 0 Å². The van der Waals surface area contributed by atoms with Crippen molar-refractivity contribution in [2.24, 2.45) is 0 Å². The first-order valence-electron chi connectivity index (χ1n) is 12.5. The number of benzene rings is 2. The van der Waals surface area contributed by atoms with Gasteiger partial charge in [0.2, 0.25) is 11.8 Å². The Bertz CT molecular complexity index is 1280. The van der Waals surface area contributed by atoms with E-state index in [2.05, 4.69) is 15.6 Å². The van der Waals surface area contributed by atoms with Crippen molar-refractivity contribution in [3.05, 3.63) is 66.1 Å². The first kappa shape index (κ1) is 29.1. The van der Waals surface area contributed by atoms with Crippen molar-refractivity contribution in [1.82, 2.24) is 15.6 Å². The third-order valence-corrected chi connectivity index (χ3v) is 7.07. The number of carbonyl (C=O) groups excluding carboxylic acids is 2. The lowest BCUT2D eigenvalue weighted by Gasteiger charge is -2.23. The number of unbranched alkanes of at least 4 members (excludes halogenated alkanes) is 1. The Morgan fingerprint density at radius 3 is 2.42 bits per heavy atom. The van der Waals surface area contributed by atoms with Crippen LogP contribution in [0.25, 0.3) is 11.1 Å². The van der Waals surface area contributed by atoms with Gasteiger partial charge in [0.25, 0.3) is 0 Å². The summed E-state index contributed by atoms with van der Waals surface area (Å²) in [5, 5.41) is 15.5. The normalized spacial score (nSPS) is 13.6. The number of nitrogens with zero attached hydrogens (tertiary/aromatic N) is 1. The summed E-state index contributed by atoms with van der Waals surface area (Å²) in [7, 11) is -3.74. The summed E-state index contributed by atoms with van der Waals surface area (Å²) >= 11 is 0. The van der Waals surface area contributed by atoms with E-state index < -0.39 is 45.3 Å². The van der Waals surface area contributed by atoms with Crippen LogP contribution in [0.3, 0.4) is 0 Å². The van der Waals surface area contributed by atoms with Gasteiger partial charge in [0.15, 0.2) is 15.4 Å². The van der Waals surface area contributed by atoms with Crippen LogP contribution < -0.4 is 10.6 Å². The molecular weight excluding hydrogens is 510 g/mol. The molecule has 3 rings (SSSR count). The van der Waals surface area contributed by atoms with E-state index in [9.17, 15) is 23.1 Å². The van der Waals surface area contributed by atoms with Gasteiger partial charge in [0, 0.05) is 6.54 Å². The highest BCUT2D eigenvalue weighted by Crippen LogP contribution is 2.23. The molecule has 10 nitrogen and oxygen atoms in total. The lowest BCUT2D eigenvalue weighted by molar-refractivity contribution is -0.122. The predicted octanol–water partition coefficient (Wildman–Crippen LogP) is 3.66. The Morgan fingerprint density at radius 1 is 1.05 bits per heavy atom. The quantitative estimate of drug-likeness (QED) is 0.292. The molecule has 0 spiro atoms. The van der Waals surface area contributed by atoms with Gasteiger partial charge in [-0.25, -0.2) is 18.2 Å². The summed E-state index contributed by atoms with van der Waals surface area (Å²) in [5.74, 6) is -1.24. The maximum absolute atomic E-state index is 12.9. The molecule has 0 saturated heterocycles. The van der Waals surface area contributed by atoms with Crippen molar-refractivity contribution >= 4 is 32.9 Å². The second kappa shape index (κ2) is 12.9. The zero-order valence-corrected chi connectivity index (χ0v) is 22.7. The molecule has 0 fully saturated rings. The molecule has 0 aliphatic carbocycles. The van der Waals surface area contributed by atoms with Gasteiger partial charge in [-0.05, 0) is 57.7 Å². The summed E-state index contributed by atoms with van der Waals surface area (Å²) in [6.45, 7) is 5.24. The molecule has 11 heteroatoms. The third kappa shape index (κ3) is 9.46. The number of hydrogen-bond acceptors (Lipinski definition) is 8. The fraction of sp³-hybridized carbons (Fsp3) is 0.444. The van der Waals surface area contributed by atoms with Crippen molar-refractivity contribution < 1.29 is 32.3 Å². The molecule has 1 heterocycles. The van der Waals surface area contributed by atoms with Crippen LogP contribution in [-0.4, -0.2) is 54.4 Å². The van der Waals surface area contributed by atoms with Crippen molar-refractivity contribution in [3.8, 4) is 0 Å². The van der Waals surface area contributed by atoms with Crippen LogP contribution in [-0.2, 0) is 25.1 Å². The van der Waals surface area contributed by atoms with Crippen molar-refractivity contribution in [2.45, 2.75) is 63.5 Å². The van der Waals surface area contributed by atoms with Crippen molar-refractivity contribution in [3.63, 3.8) is 0 Å². The van der Waals surface area contributed by atoms with Gasteiger partial charge in [-0.2, -0.15) is 0 Å². The topological polar surface area (TPSA) is 148 Å². The van der Waals surface area contributed by atoms with Crippen LogP contribution in [0.15, 0.2) is 59.0 Å². The summed E-state index contributed by atoms with van der Waals surface area (Å²) in [5.41, 5.74) is 1.03. The minimum Gasteiger partial charge on any atom is -0.444 e. The Morgan fingerprint density at radius 2 is 1.74 bits per heavy atom. The van der Waals surface area contributed by atoms with E-state index in [1.54, 1.807) is 63.2 Å². The second-order valence-corrected chi connectivity index (χ2v) is 12.2. The smallest absolute Gasteiger partial charge is 0.408 e. The van der Waals surface area contributed by atoms with E-state index in [0.717, 1.165) is 0 Å². The molecule has 2 amide bonds. The first-order valence-corrected chi connectivity index (χ1v) is 14.3. The van der Waals surface area contributed by atoms with Crippen LogP contribution in [0.5, 0.6) is 0 Å². The van der Waals surface area contributed by atoms with E-state index >= 15 is 0 Å². The van der Waals surface area contributed by atoms with E-state index in [-0.39, 0.29) is 18.2 Å². The van der Waals surface area contributed by atoms with Gasteiger partial charge in [-0.3, -0.25) is 4.79 Å². The monoisotopic (exact) mass is 545 g/mol. The minimum atomic E-state index is -3.74. The predicted molar refractivity (Wildman–Crippen MR) is 143 cm³/mol. The minimum absolute atomic E-state index is 0.227. The van der Waals surface area contributed by atoms with Gasteiger partial charge in [0.1, 0.15) is 23.3 Å². The summed E-state index contributed by atoms with van der Waals surface area (Å²) in [6.07, 6.45) is -0.333. The molecule has 1 aromatic heterocycles. The number of carbonyl (C=O) groups is 2. The third-order valence-electron chi connectivity index (χ3n) is 5.46. The number of aliphatic hydroxyl groups is 1. The molecule has 38 heavy (non-hydrogen) atoms. The Balaban J connectivity index is 1.53. The fourth-order valence-corrected chi connectivity index (χ4v) is 5.29. The number of rotatable bonds is 12. The number of sulfone groups is 1. The highest BCUT2D eigenvalue weighted by Gasteiger charge is 2.29. The Labute approximate surface area is 222 Å². The zero-order chi connectivity index (χ0) is 27.8. The molecule has 1 unspecified atom stereocenters. The number of aromatic nitrogens is 1. The van der Waals surface area contributed by atoms with Gasteiger partial charge in [-0.1, -0.05) is 42.5 Å². The molecular formula is C27H35N3O7S. The van der Waals surface area contributed by atoms with Crippen LogP contribution in [0.4, 0.5) is 4.79 Å². The number of fused-ring (bicyclic) bond motifs is 1. The molecule has 3 aromatic rings. The van der Waals surface area contributed by atoms with Gasteiger partial charge < -0.3 is 24.9 Å². The number of para-hydroxylation sites is 2. The number of nitrogens with one attached hydrogen (secondary N) is 2. The molecule has 0 saturated carbocycles. The zero-order valence-electron chi connectivity index (χ0n) is 21.8. The van der Waals surface area contributed by atoms with E-state index in [1.165, 1.54) is 0 Å². The number of ether oxygens (including phenoxy) is 1. The lowest BCUT2D eigenvalue weighted by atomic mass is 10.1. The SMILES string of the molecule is CC(C)(C)OC(=O)NC(CS(=O)(=O)Cc1ccccc1)C(=O)NCCCC[C@@H](O)c1nc2ccccc2o1. The highest BCUT2D eigenvalue weighted by molar-refractivity contribution is 7.90. The Hall–Kier alpha value is -3.44. The van der Waals surface area contributed by atoms with E-state index in [0.29, 0.717) is 35.9 Å². The fourth-order valence-electron chi connectivity index (χ4n) is 3.73. The second-order valence-electron chi connectivity index (χ2n) is 10.1. The van der Waals surface area contributed by atoms with Gasteiger partial charge >= 0.3 is 6.09 Å². The van der Waals surface area contributed by atoms with Crippen LogP contribution in [0, 0.1) is 0 Å². The Kier molecular flexibility index (Phi) is 9.87. The maximum atomic E-state index is 12.9. The number of aliphatic hydroxyl groups excluding tert-OH is 1. The molecule has 0 radical (unpaired) electrons. The molecule has 0 aliphatic heterocycles. The van der Waals surface area contributed by atoms with E-state index in [1.807, 2.05) is 12.1 Å². The summed E-state index contributed by atoms with van der Waals surface area (Å²) in [4.78, 5) is 29.5. The molecule has 2 atom stereocenters. The molecule has 206 valence electrons. The average Bonchev–Trinajstić information content (AvgIpc) is 3.27. The first-order chi connectivity index (χ1) is 17.9. The van der Waals surface area contributed by atoms with Gasteiger partial charge in [-0.15, -0.1) is 0 Å². The number of hydrogen-bond donors (Lipinski definition) is 3. The molecule has 2 aromatic carbocycles. The van der Waals surface area contributed by atoms with Crippen molar-refractivity contribution in [2.75, 3.05) is 12.3 Å². The molecule has 0 bridgehead atoms. The van der Waals surface area contributed by atoms with Crippen LogP contribution >= 0.6 is 0 Å². The van der Waals surface area contributed by atoms with Gasteiger partial charge in [0.05, 0.1) is 11.5 Å².